The van der Waals surface area contributed by atoms with Crippen LogP contribution in [0.2, 0.25) is 0 Å². The minimum atomic E-state index is 0.0822. The zero-order valence-electron chi connectivity index (χ0n) is 14.2. The maximum absolute atomic E-state index is 12.3. The molecule has 2 aromatic carbocycles. The Labute approximate surface area is 151 Å². The number of amides is 1. The van der Waals surface area contributed by atoms with Gasteiger partial charge in [0.05, 0.1) is 13.7 Å². The van der Waals surface area contributed by atoms with Crippen molar-refractivity contribution >= 4 is 27.5 Å². The molecular weight excluding hydrogens is 370 g/mol. The van der Waals surface area contributed by atoms with Crippen LogP contribution >= 0.6 is 15.9 Å². The van der Waals surface area contributed by atoms with Crippen LogP contribution < -0.4 is 14.4 Å². The Bertz CT molecular complexity index is 686. The smallest absolute Gasteiger partial charge is 0.226 e. The third kappa shape index (κ3) is 4.99. The number of methoxy groups -OCH3 is 1. The monoisotopic (exact) mass is 391 g/mol. The van der Waals surface area contributed by atoms with Crippen molar-refractivity contribution < 1.29 is 14.3 Å². The standard InChI is InChI=1S/C19H22BrNO3/c1-14-13-15(20)6-11-18(14)21(2)19(22)5-4-12-24-17-9-7-16(23-3)8-10-17/h6-11,13H,4-5,12H2,1-3H3. The van der Waals surface area contributed by atoms with E-state index in [1.807, 2.05) is 56.4 Å². The molecule has 0 saturated carbocycles. The summed E-state index contributed by atoms with van der Waals surface area (Å²) in [6.45, 7) is 2.50. The zero-order valence-corrected chi connectivity index (χ0v) is 15.8. The number of carbonyl (C=O) groups excluding carboxylic acids is 1. The van der Waals surface area contributed by atoms with Gasteiger partial charge in [-0.1, -0.05) is 15.9 Å². The molecule has 0 bridgehead atoms. The first kappa shape index (κ1) is 18.3. The van der Waals surface area contributed by atoms with E-state index in [1.165, 1.54) is 0 Å². The fourth-order valence-electron chi connectivity index (χ4n) is 2.38. The summed E-state index contributed by atoms with van der Waals surface area (Å²) in [6.07, 6.45) is 1.12. The second-order valence-electron chi connectivity index (χ2n) is 5.51. The number of hydrogen-bond acceptors (Lipinski definition) is 3. The molecule has 0 aliphatic carbocycles. The van der Waals surface area contributed by atoms with E-state index in [-0.39, 0.29) is 5.91 Å². The molecule has 0 heterocycles. The van der Waals surface area contributed by atoms with Crippen molar-refractivity contribution in [3.63, 3.8) is 0 Å². The van der Waals surface area contributed by atoms with Gasteiger partial charge in [-0.3, -0.25) is 4.79 Å². The lowest BCUT2D eigenvalue weighted by atomic mass is 10.1. The zero-order chi connectivity index (χ0) is 17.5. The van der Waals surface area contributed by atoms with E-state index in [9.17, 15) is 4.79 Å². The van der Waals surface area contributed by atoms with Gasteiger partial charge in [-0.05, 0) is 61.4 Å². The minimum absolute atomic E-state index is 0.0822. The predicted molar refractivity (Wildman–Crippen MR) is 100 cm³/mol. The number of nitrogens with zero attached hydrogens (tertiary/aromatic N) is 1. The van der Waals surface area contributed by atoms with Gasteiger partial charge in [0.15, 0.2) is 0 Å². The Kier molecular flexibility index (Phi) is 6.67. The summed E-state index contributed by atoms with van der Waals surface area (Å²) >= 11 is 3.44. The third-order valence-corrected chi connectivity index (χ3v) is 4.25. The number of benzene rings is 2. The number of ether oxygens (including phenoxy) is 2. The predicted octanol–water partition coefficient (Wildman–Crippen LogP) is 4.59. The summed E-state index contributed by atoms with van der Waals surface area (Å²) < 4.78 is 11.8. The second kappa shape index (κ2) is 8.73. The van der Waals surface area contributed by atoms with Crippen molar-refractivity contribution in [2.45, 2.75) is 19.8 Å². The molecule has 0 aromatic heterocycles. The molecule has 0 atom stereocenters. The van der Waals surface area contributed by atoms with Crippen LogP contribution in [0.4, 0.5) is 5.69 Å². The van der Waals surface area contributed by atoms with Crippen LogP contribution in [0, 0.1) is 6.92 Å². The third-order valence-electron chi connectivity index (χ3n) is 3.76. The summed E-state index contributed by atoms with van der Waals surface area (Å²) in [6, 6.07) is 13.3. The minimum Gasteiger partial charge on any atom is -0.497 e. The normalized spacial score (nSPS) is 10.3. The van der Waals surface area contributed by atoms with Crippen LogP contribution in [0.15, 0.2) is 46.9 Å². The van der Waals surface area contributed by atoms with Crippen LogP contribution in [0.25, 0.3) is 0 Å². The molecule has 0 aliphatic rings. The van der Waals surface area contributed by atoms with Crippen LogP contribution in [-0.4, -0.2) is 26.7 Å². The number of rotatable bonds is 7. The molecule has 0 fully saturated rings. The number of carbonyl (C=O) groups is 1. The molecule has 0 spiro atoms. The summed E-state index contributed by atoms with van der Waals surface area (Å²) in [5.74, 6) is 1.66. The van der Waals surface area contributed by atoms with Crippen molar-refractivity contribution in [1.29, 1.82) is 0 Å². The highest BCUT2D eigenvalue weighted by atomic mass is 79.9. The van der Waals surface area contributed by atoms with E-state index in [1.54, 1.807) is 12.0 Å². The van der Waals surface area contributed by atoms with E-state index in [4.69, 9.17) is 9.47 Å². The van der Waals surface area contributed by atoms with Crippen molar-refractivity contribution in [1.82, 2.24) is 0 Å². The molecule has 2 aromatic rings. The van der Waals surface area contributed by atoms with Crippen molar-refractivity contribution in [2.24, 2.45) is 0 Å². The Balaban J connectivity index is 1.79. The summed E-state index contributed by atoms with van der Waals surface area (Å²) in [4.78, 5) is 14.0. The maximum Gasteiger partial charge on any atom is 0.226 e. The lowest BCUT2D eigenvalue weighted by molar-refractivity contribution is -0.118. The molecule has 2 rings (SSSR count). The van der Waals surface area contributed by atoms with Gasteiger partial charge in [0.1, 0.15) is 11.5 Å². The van der Waals surface area contributed by atoms with Crippen LogP contribution in [0.1, 0.15) is 18.4 Å². The molecule has 1 amide bonds. The average molecular weight is 392 g/mol. The Morgan fingerprint density at radius 3 is 2.42 bits per heavy atom. The molecule has 5 heteroatoms. The molecule has 0 saturated heterocycles. The molecule has 24 heavy (non-hydrogen) atoms. The first-order chi connectivity index (χ1) is 11.5. The molecule has 0 N–H and O–H groups in total. The molecule has 0 unspecified atom stereocenters. The lowest BCUT2D eigenvalue weighted by Crippen LogP contribution is -2.27. The average Bonchev–Trinajstić information content (AvgIpc) is 2.58. The molecular formula is C19H22BrNO3. The van der Waals surface area contributed by atoms with Gasteiger partial charge in [0.2, 0.25) is 5.91 Å². The highest BCUT2D eigenvalue weighted by Gasteiger charge is 2.13. The molecule has 128 valence electrons. The van der Waals surface area contributed by atoms with Crippen LogP contribution in [0.3, 0.4) is 0 Å². The molecule has 0 aliphatic heterocycles. The number of aryl methyl sites for hydroxylation is 1. The van der Waals surface area contributed by atoms with Gasteiger partial charge in [-0.15, -0.1) is 0 Å². The molecule has 0 radical (unpaired) electrons. The van der Waals surface area contributed by atoms with Crippen molar-refractivity contribution in [3.8, 4) is 11.5 Å². The first-order valence-corrected chi connectivity index (χ1v) is 8.60. The van der Waals surface area contributed by atoms with Crippen LogP contribution in [0.5, 0.6) is 11.5 Å². The fourth-order valence-corrected chi connectivity index (χ4v) is 2.86. The number of anilines is 1. The van der Waals surface area contributed by atoms with Gasteiger partial charge in [-0.25, -0.2) is 0 Å². The summed E-state index contributed by atoms with van der Waals surface area (Å²) in [7, 11) is 3.44. The topological polar surface area (TPSA) is 38.8 Å². The second-order valence-corrected chi connectivity index (χ2v) is 6.43. The Hall–Kier alpha value is -2.01. The van der Waals surface area contributed by atoms with E-state index in [0.717, 1.165) is 27.2 Å². The first-order valence-electron chi connectivity index (χ1n) is 7.81. The van der Waals surface area contributed by atoms with Crippen molar-refractivity contribution in [3.05, 3.63) is 52.5 Å². The highest BCUT2D eigenvalue weighted by molar-refractivity contribution is 9.10. The molecule has 4 nitrogen and oxygen atoms in total. The summed E-state index contributed by atoms with van der Waals surface area (Å²) in [5, 5.41) is 0. The summed E-state index contributed by atoms with van der Waals surface area (Å²) in [5.41, 5.74) is 1.99. The van der Waals surface area contributed by atoms with Crippen molar-refractivity contribution in [2.75, 3.05) is 25.7 Å². The lowest BCUT2D eigenvalue weighted by Gasteiger charge is -2.20. The number of hydrogen-bond donors (Lipinski definition) is 0. The Morgan fingerprint density at radius 2 is 1.79 bits per heavy atom. The SMILES string of the molecule is COc1ccc(OCCCC(=O)N(C)c2ccc(Br)cc2C)cc1. The van der Waals surface area contributed by atoms with E-state index in [2.05, 4.69) is 15.9 Å². The number of halogens is 1. The van der Waals surface area contributed by atoms with Crippen LogP contribution in [-0.2, 0) is 4.79 Å². The van der Waals surface area contributed by atoms with Gasteiger partial charge in [0.25, 0.3) is 0 Å². The fraction of sp³-hybridized carbons (Fsp3) is 0.316. The largest absolute Gasteiger partial charge is 0.497 e. The highest BCUT2D eigenvalue weighted by Crippen LogP contribution is 2.23. The Morgan fingerprint density at radius 1 is 1.12 bits per heavy atom. The van der Waals surface area contributed by atoms with Gasteiger partial charge in [-0.2, -0.15) is 0 Å². The maximum atomic E-state index is 12.3. The van der Waals surface area contributed by atoms with E-state index < -0.39 is 0 Å². The van der Waals surface area contributed by atoms with Gasteiger partial charge < -0.3 is 14.4 Å². The quantitative estimate of drug-likeness (QED) is 0.647. The van der Waals surface area contributed by atoms with E-state index >= 15 is 0 Å². The van der Waals surface area contributed by atoms with Gasteiger partial charge in [0, 0.05) is 23.6 Å². The van der Waals surface area contributed by atoms with Gasteiger partial charge >= 0.3 is 0 Å². The van der Waals surface area contributed by atoms with E-state index in [0.29, 0.717) is 19.4 Å².